The van der Waals surface area contributed by atoms with Crippen molar-refractivity contribution in [3.8, 4) is 0 Å². The summed E-state index contributed by atoms with van der Waals surface area (Å²) in [5, 5.41) is -0.595. The van der Waals surface area contributed by atoms with E-state index in [1.165, 1.54) is 12.1 Å². The van der Waals surface area contributed by atoms with Gasteiger partial charge in [0.2, 0.25) is 0 Å². The largest absolute Gasteiger partial charge is 0.486 e. The van der Waals surface area contributed by atoms with Gasteiger partial charge < -0.3 is 14.2 Å². The number of nitrogens with one attached hydrogen (secondary N) is 1. The smallest absolute Gasteiger partial charge is 0.417 e. The molecule has 0 saturated carbocycles. The van der Waals surface area contributed by atoms with Crippen LogP contribution in [0.4, 0.5) is 18.9 Å². The molecule has 0 aliphatic carbocycles. The molecule has 1 aliphatic rings. The zero-order valence-corrected chi connectivity index (χ0v) is 29.6. The van der Waals surface area contributed by atoms with Crippen molar-refractivity contribution in [1.82, 2.24) is 4.98 Å². The van der Waals surface area contributed by atoms with E-state index >= 15 is 0 Å². The number of sulfonamides is 1. The number of anilines is 1. The molecular formula is C37H43F3N2O7S. The lowest BCUT2D eigenvalue weighted by Crippen LogP contribution is -2.42. The lowest BCUT2D eigenvalue weighted by atomic mass is 9.80. The van der Waals surface area contributed by atoms with Crippen LogP contribution < -0.4 is 4.72 Å². The maximum atomic E-state index is 14.1. The van der Waals surface area contributed by atoms with Crippen molar-refractivity contribution in [1.29, 1.82) is 0 Å². The number of aromatic nitrogens is 1. The van der Waals surface area contributed by atoms with E-state index in [0.717, 1.165) is 18.1 Å². The molecule has 0 saturated heterocycles. The van der Waals surface area contributed by atoms with Gasteiger partial charge in [-0.2, -0.15) is 21.6 Å². The number of rotatable bonds is 14. The number of pyridine rings is 1. The van der Waals surface area contributed by atoms with Gasteiger partial charge in [0.15, 0.2) is 11.6 Å². The van der Waals surface area contributed by atoms with E-state index in [4.69, 9.17) is 14.2 Å². The summed E-state index contributed by atoms with van der Waals surface area (Å²) < 4.78 is 85.4. The van der Waals surface area contributed by atoms with Crippen LogP contribution in [-0.4, -0.2) is 43.1 Å². The maximum Gasteiger partial charge on any atom is 0.417 e. The molecule has 2 heterocycles. The van der Waals surface area contributed by atoms with Gasteiger partial charge in [-0.1, -0.05) is 62.7 Å². The Balaban J connectivity index is 1.69. The molecule has 2 aromatic carbocycles. The van der Waals surface area contributed by atoms with E-state index in [1.54, 1.807) is 32.9 Å². The molecule has 2 atom stereocenters. The molecule has 0 radical (unpaired) electrons. The molecule has 0 amide bonds. The number of esters is 2. The van der Waals surface area contributed by atoms with Gasteiger partial charge in [0, 0.05) is 24.2 Å². The molecule has 9 nitrogen and oxygen atoms in total. The summed E-state index contributed by atoms with van der Waals surface area (Å²) in [5.41, 5.74) is -0.768. The number of carbonyl (C=O) groups is 2. The predicted octanol–water partition coefficient (Wildman–Crippen LogP) is 8.13. The second-order valence-electron chi connectivity index (χ2n) is 13.3. The summed E-state index contributed by atoms with van der Waals surface area (Å²) in [4.78, 5) is 30.3. The Labute approximate surface area is 291 Å². The summed E-state index contributed by atoms with van der Waals surface area (Å²) in [5.74, 6) is -1.52. The SMILES string of the molecule is CCC[C@@]1(CCc2ccccc2)CC(OCC(=O)OC(C)(C)C)=C([C@H](CC)c2cccc(NS(=O)(=O)c3ccc(C(F)(F)F)cn3)c2)C(=O)O1. The van der Waals surface area contributed by atoms with E-state index in [2.05, 4.69) is 9.71 Å². The summed E-state index contributed by atoms with van der Waals surface area (Å²) >= 11 is 0. The number of nitrogens with zero attached hydrogens (tertiary/aromatic N) is 1. The van der Waals surface area contributed by atoms with Gasteiger partial charge >= 0.3 is 18.1 Å². The number of hydrogen-bond acceptors (Lipinski definition) is 8. The van der Waals surface area contributed by atoms with E-state index in [0.29, 0.717) is 49.3 Å². The van der Waals surface area contributed by atoms with Crippen molar-refractivity contribution in [3.05, 3.63) is 101 Å². The predicted molar refractivity (Wildman–Crippen MR) is 181 cm³/mol. The third-order valence-corrected chi connectivity index (χ3v) is 9.45. The normalized spacial score (nSPS) is 17.6. The van der Waals surface area contributed by atoms with Gasteiger partial charge in [0.05, 0.1) is 11.1 Å². The van der Waals surface area contributed by atoms with Crippen molar-refractivity contribution >= 4 is 27.6 Å². The van der Waals surface area contributed by atoms with Gasteiger partial charge in [-0.3, -0.25) is 4.72 Å². The standard InChI is InChI=1S/C37H43F3N2O7S/c1-6-19-36(20-18-25-12-9-8-10-13-25)22-30(47-24-32(43)48-35(3,4)5)33(34(44)49-36)29(7-2)26-14-11-15-28(21-26)42-50(45,46)31-17-16-27(23-41-31)37(38,39)40/h8-17,21,23,29,42H,6-7,18-20,22,24H2,1-5H3/t29-,36-/m1/s1. The monoisotopic (exact) mass is 716 g/mol. The molecule has 270 valence electrons. The Hall–Kier alpha value is -4.39. The highest BCUT2D eigenvalue weighted by molar-refractivity contribution is 7.92. The van der Waals surface area contributed by atoms with Crippen LogP contribution in [0.15, 0.2) is 89.3 Å². The number of cyclic esters (lactones) is 1. The van der Waals surface area contributed by atoms with Gasteiger partial charge in [0.25, 0.3) is 10.0 Å². The van der Waals surface area contributed by atoms with Crippen LogP contribution in [0.2, 0.25) is 0 Å². The van der Waals surface area contributed by atoms with Crippen molar-refractivity contribution in [2.24, 2.45) is 0 Å². The zero-order chi connectivity index (χ0) is 36.7. The fourth-order valence-corrected chi connectivity index (χ4v) is 6.97. The summed E-state index contributed by atoms with van der Waals surface area (Å²) in [7, 11) is -4.36. The molecule has 0 unspecified atom stereocenters. The first-order valence-corrected chi connectivity index (χ1v) is 17.9. The first-order valence-electron chi connectivity index (χ1n) is 16.5. The Morgan fingerprint density at radius 2 is 1.74 bits per heavy atom. The third kappa shape index (κ3) is 10.1. The Morgan fingerprint density at radius 1 is 1.02 bits per heavy atom. The highest BCUT2D eigenvalue weighted by atomic mass is 32.2. The Bertz CT molecular complexity index is 1790. The number of aryl methyl sites for hydroxylation is 1. The van der Waals surface area contributed by atoms with E-state index in [9.17, 15) is 31.2 Å². The molecule has 13 heteroatoms. The molecule has 1 aromatic heterocycles. The minimum Gasteiger partial charge on any atom is -0.486 e. The fraction of sp³-hybridized carbons (Fsp3) is 0.432. The van der Waals surface area contributed by atoms with Crippen LogP contribution in [-0.2, 0) is 46.4 Å². The molecule has 0 fully saturated rings. The molecule has 4 rings (SSSR count). The average molecular weight is 717 g/mol. The van der Waals surface area contributed by atoms with Crippen LogP contribution in [0.5, 0.6) is 0 Å². The molecule has 0 spiro atoms. The quantitative estimate of drug-likeness (QED) is 0.166. The van der Waals surface area contributed by atoms with Crippen LogP contribution in [0.1, 0.15) is 89.3 Å². The van der Waals surface area contributed by atoms with E-state index < -0.39 is 62.5 Å². The van der Waals surface area contributed by atoms with Gasteiger partial charge in [0.1, 0.15) is 17.0 Å². The molecule has 0 bridgehead atoms. The maximum absolute atomic E-state index is 14.1. The van der Waals surface area contributed by atoms with Crippen LogP contribution in [0.25, 0.3) is 0 Å². The molecule has 3 aromatic rings. The average Bonchev–Trinajstić information content (AvgIpc) is 3.04. The van der Waals surface area contributed by atoms with Gasteiger partial charge in [-0.05, 0) is 81.8 Å². The molecule has 50 heavy (non-hydrogen) atoms. The van der Waals surface area contributed by atoms with Gasteiger partial charge in [-0.15, -0.1) is 0 Å². The topological polar surface area (TPSA) is 121 Å². The van der Waals surface area contributed by atoms with E-state index in [1.807, 2.05) is 44.2 Å². The van der Waals surface area contributed by atoms with Crippen molar-refractivity contribution < 1.29 is 45.4 Å². The van der Waals surface area contributed by atoms with Crippen molar-refractivity contribution in [2.45, 2.75) is 101 Å². The number of alkyl halides is 3. The second kappa shape index (κ2) is 15.7. The molecular weight excluding hydrogens is 673 g/mol. The number of benzene rings is 2. The van der Waals surface area contributed by atoms with Crippen LogP contribution >= 0.6 is 0 Å². The molecule has 1 aliphatic heterocycles. The number of carbonyl (C=O) groups excluding carboxylic acids is 2. The molecule has 1 N–H and O–H groups in total. The van der Waals surface area contributed by atoms with Crippen molar-refractivity contribution in [2.75, 3.05) is 11.3 Å². The zero-order valence-electron chi connectivity index (χ0n) is 28.8. The Kier molecular flexibility index (Phi) is 12.0. The summed E-state index contributed by atoms with van der Waals surface area (Å²) in [6.45, 7) is 8.64. The third-order valence-electron chi connectivity index (χ3n) is 8.15. The summed E-state index contributed by atoms with van der Waals surface area (Å²) in [6, 6.07) is 17.6. The highest BCUT2D eigenvalue weighted by Crippen LogP contribution is 2.43. The number of hydrogen-bond donors (Lipinski definition) is 1. The van der Waals surface area contributed by atoms with Crippen LogP contribution in [0, 0.1) is 0 Å². The minimum absolute atomic E-state index is 0.104. The van der Waals surface area contributed by atoms with E-state index in [-0.39, 0.29) is 17.7 Å². The van der Waals surface area contributed by atoms with Crippen LogP contribution in [0.3, 0.4) is 0 Å². The lowest BCUT2D eigenvalue weighted by molar-refractivity contribution is -0.166. The highest BCUT2D eigenvalue weighted by Gasteiger charge is 2.44. The van der Waals surface area contributed by atoms with Crippen molar-refractivity contribution in [3.63, 3.8) is 0 Å². The van der Waals surface area contributed by atoms with Gasteiger partial charge in [-0.25, -0.2) is 14.6 Å². The first kappa shape index (κ1) is 38.4. The second-order valence-corrected chi connectivity index (χ2v) is 14.9. The lowest BCUT2D eigenvalue weighted by Gasteiger charge is -2.40. The first-order chi connectivity index (χ1) is 23.4. The summed E-state index contributed by atoms with van der Waals surface area (Å²) in [6.07, 6.45) is -1.16. The number of halogens is 3. The minimum atomic E-state index is -4.67. The number of ether oxygens (including phenoxy) is 3. The Morgan fingerprint density at radius 3 is 2.34 bits per heavy atom. The fourth-order valence-electron chi connectivity index (χ4n) is 5.99.